The molecule has 0 aliphatic carbocycles. The number of hydrogen-bond acceptors (Lipinski definition) is 7. The van der Waals surface area contributed by atoms with Gasteiger partial charge in [0.2, 0.25) is 11.8 Å². The third-order valence-corrected chi connectivity index (χ3v) is 6.97. The molecule has 0 radical (unpaired) electrons. The predicted molar refractivity (Wildman–Crippen MR) is 143 cm³/mol. The summed E-state index contributed by atoms with van der Waals surface area (Å²) in [4.78, 5) is 67.3. The third-order valence-electron chi connectivity index (χ3n) is 6.97. The Balaban J connectivity index is 1.29. The van der Waals surface area contributed by atoms with Crippen molar-refractivity contribution in [2.75, 3.05) is 5.32 Å². The molecule has 41 heavy (non-hydrogen) atoms. The van der Waals surface area contributed by atoms with Gasteiger partial charge in [0, 0.05) is 35.6 Å². The van der Waals surface area contributed by atoms with Gasteiger partial charge in [0.05, 0.1) is 22.2 Å². The molecule has 3 N–H and O–H groups in total. The Morgan fingerprint density at radius 2 is 1.80 bits per heavy atom. The van der Waals surface area contributed by atoms with Crippen LogP contribution in [-0.2, 0) is 15.1 Å². The van der Waals surface area contributed by atoms with Crippen molar-refractivity contribution in [3.05, 3.63) is 82.9 Å². The van der Waals surface area contributed by atoms with E-state index in [-0.39, 0.29) is 35.2 Å². The minimum atomic E-state index is -1.16. The lowest BCUT2D eigenvalue weighted by Gasteiger charge is -2.28. The monoisotopic (exact) mass is 554 g/mol. The number of halogens is 1. The molecule has 0 saturated carbocycles. The van der Waals surface area contributed by atoms with Crippen LogP contribution >= 0.6 is 0 Å². The van der Waals surface area contributed by atoms with Crippen LogP contribution in [0.2, 0.25) is 0 Å². The Morgan fingerprint density at radius 3 is 2.51 bits per heavy atom. The molecular weight excluding hydrogens is 531 g/mol. The van der Waals surface area contributed by atoms with Crippen molar-refractivity contribution in [1.29, 1.82) is 5.26 Å². The number of carbonyl (C=O) groups excluding carboxylic acids is 5. The zero-order valence-electron chi connectivity index (χ0n) is 21.9. The van der Waals surface area contributed by atoms with Crippen LogP contribution in [0.25, 0.3) is 11.1 Å². The first-order valence-corrected chi connectivity index (χ1v) is 12.6. The number of nitrogens with one attached hydrogen (secondary N) is 3. The van der Waals surface area contributed by atoms with Crippen molar-refractivity contribution in [2.45, 2.75) is 38.3 Å². The summed E-state index contributed by atoms with van der Waals surface area (Å²) in [5, 5.41) is 16.5. The summed E-state index contributed by atoms with van der Waals surface area (Å²) in [5.74, 6) is -3.14. The maximum Gasteiger partial charge on any atom is 0.319 e. The van der Waals surface area contributed by atoms with E-state index < -0.39 is 47.1 Å². The lowest BCUT2D eigenvalue weighted by molar-refractivity contribution is -0.136. The number of benzene rings is 2. The van der Waals surface area contributed by atoms with Crippen molar-refractivity contribution in [3.63, 3.8) is 0 Å². The van der Waals surface area contributed by atoms with E-state index in [1.807, 2.05) is 6.07 Å². The number of pyridine rings is 1. The van der Waals surface area contributed by atoms with Gasteiger partial charge in [-0.1, -0.05) is 12.1 Å². The normalized spacial score (nSPS) is 16.6. The van der Waals surface area contributed by atoms with Crippen molar-refractivity contribution in [3.8, 4) is 17.2 Å². The molecule has 12 heteroatoms. The number of urea groups is 1. The number of imide groups is 2. The molecule has 206 valence electrons. The van der Waals surface area contributed by atoms with E-state index in [9.17, 15) is 24.0 Å². The molecule has 3 heterocycles. The van der Waals surface area contributed by atoms with E-state index in [4.69, 9.17) is 5.26 Å². The second-order valence-electron chi connectivity index (χ2n) is 10.2. The smallest absolute Gasteiger partial charge is 0.319 e. The Bertz CT molecular complexity index is 1700. The van der Waals surface area contributed by atoms with Crippen molar-refractivity contribution in [2.24, 2.45) is 0 Å². The van der Waals surface area contributed by atoms with Crippen molar-refractivity contribution in [1.82, 2.24) is 20.5 Å². The van der Waals surface area contributed by atoms with Gasteiger partial charge in [-0.15, -0.1) is 0 Å². The first-order chi connectivity index (χ1) is 19.5. The zero-order valence-corrected chi connectivity index (χ0v) is 21.9. The Hall–Kier alpha value is -5.44. The molecule has 1 atom stereocenters. The summed E-state index contributed by atoms with van der Waals surface area (Å²) >= 11 is 0. The molecule has 11 nitrogen and oxygen atoms in total. The number of amides is 6. The van der Waals surface area contributed by atoms with Gasteiger partial charge in [-0.25, -0.2) is 9.18 Å². The summed E-state index contributed by atoms with van der Waals surface area (Å²) < 4.78 is 15.2. The van der Waals surface area contributed by atoms with Gasteiger partial charge >= 0.3 is 6.03 Å². The highest BCUT2D eigenvalue weighted by Crippen LogP contribution is 2.31. The topological polar surface area (TPSA) is 161 Å². The molecule has 1 unspecified atom stereocenters. The molecule has 3 aromatic rings. The molecular formula is C29H23FN6O5. The maximum atomic E-state index is 15.2. The van der Waals surface area contributed by atoms with E-state index in [0.29, 0.717) is 16.7 Å². The van der Waals surface area contributed by atoms with Crippen LogP contribution in [0.1, 0.15) is 58.5 Å². The molecule has 1 aromatic heterocycles. The highest BCUT2D eigenvalue weighted by Gasteiger charge is 2.44. The number of carbonyl (C=O) groups is 5. The van der Waals surface area contributed by atoms with E-state index in [0.717, 1.165) is 4.90 Å². The number of aromatic nitrogens is 1. The summed E-state index contributed by atoms with van der Waals surface area (Å²) in [6.07, 6.45) is 2.95. The molecule has 2 aliphatic heterocycles. The van der Waals surface area contributed by atoms with Gasteiger partial charge in [-0.2, -0.15) is 5.26 Å². The fourth-order valence-electron chi connectivity index (χ4n) is 4.92. The quantitative estimate of drug-likeness (QED) is 0.408. The van der Waals surface area contributed by atoms with E-state index >= 15 is 4.39 Å². The molecule has 1 saturated heterocycles. The summed E-state index contributed by atoms with van der Waals surface area (Å²) in [5.41, 5.74) is 0.742. The van der Waals surface area contributed by atoms with Crippen LogP contribution in [0, 0.1) is 17.1 Å². The van der Waals surface area contributed by atoms with Crippen LogP contribution in [-0.4, -0.2) is 45.6 Å². The van der Waals surface area contributed by atoms with Gasteiger partial charge in [0.1, 0.15) is 17.9 Å². The van der Waals surface area contributed by atoms with E-state index in [2.05, 4.69) is 20.9 Å². The highest BCUT2D eigenvalue weighted by molar-refractivity contribution is 6.23. The van der Waals surface area contributed by atoms with Crippen molar-refractivity contribution >= 4 is 35.3 Å². The Morgan fingerprint density at radius 1 is 1.05 bits per heavy atom. The highest BCUT2D eigenvalue weighted by atomic mass is 19.1. The standard InChI is InChI=1S/C29H23FN6O5/c1-29(2,21-6-3-16(10-22(21)30)17-9-15(12-31)13-32-14-17)35-28(41)33-18-4-5-19-20(11-18)27(40)36(26(19)39)23-7-8-24(37)34-25(23)38/h3-6,9-11,13-14,23H,7-8H2,1-2H3,(H2,33,35,41)(H,34,37,38). The van der Waals surface area contributed by atoms with Crippen LogP contribution in [0.5, 0.6) is 0 Å². The lowest BCUT2D eigenvalue weighted by atomic mass is 9.92. The first kappa shape index (κ1) is 27.1. The molecule has 6 amide bonds. The average molecular weight is 555 g/mol. The van der Waals surface area contributed by atoms with Gasteiger partial charge in [0.15, 0.2) is 0 Å². The molecule has 0 spiro atoms. The SMILES string of the molecule is CC(C)(NC(=O)Nc1ccc2c(c1)C(=O)N(C1CCC(=O)NC1=O)C2=O)c1ccc(-c2cncc(C#N)c2)cc1F. The number of fused-ring (bicyclic) bond motifs is 1. The largest absolute Gasteiger partial charge is 0.329 e. The third kappa shape index (κ3) is 5.12. The molecule has 2 aromatic carbocycles. The van der Waals surface area contributed by atoms with E-state index in [1.54, 1.807) is 26.0 Å². The fraction of sp³-hybridized carbons (Fsp3) is 0.207. The van der Waals surface area contributed by atoms with Crippen LogP contribution in [0.3, 0.4) is 0 Å². The first-order valence-electron chi connectivity index (χ1n) is 12.6. The second-order valence-corrected chi connectivity index (χ2v) is 10.2. The summed E-state index contributed by atoms with van der Waals surface area (Å²) in [6, 6.07) is 10.4. The van der Waals surface area contributed by atoms with Gasteiger partial charge in [-0.05, 0) is 56.2 Å². The zero-order chi connectivity index (χ0) is 29.5. The van der Waals surface area contributed by atoms with Gasteiger partial charge in [-0.3, -0.25) is 34.4 Å². The summed E-state index contributed by atoms with van der Waals surface area (Å²) in [7, 11) is 0. The minimum Gasteiger partial charge on any atom is -0.329 e. The number of hydrogen-bond donors (Lipinski definition) is 3. The van der Waals surface area contributed by atoms with E-state index in [1.165, 1.54) is 42.7 Å². The fourth-order valence-corrected chi connectivity index (χ4v) is 4.92. The number of rotatable bonds is 5. The number of anilines is 1. The van der Waals surface area contributed by atoms with Crippen LogP contribution < -0.4 is 16.0 Å². The molecule has 2 aliphatic rings. The Kier molecular flexibility index (Phi) is 6.80. The molecule has 5 rings (SSSR count). The average Bonchev–Trinajstić information content (AvgIpc) is 3.17. The second kappa shape index (κ2) is 10.3. The predicted octanol–water partition coefficient (Wildman–Crippen LogP) is 3.22. The molecule has 1 fully saturated rings. The number of nitriles is 1. The lowest BCUT2D eigenvalue weighted by Crippen LogP contribution is -2.54. The maximum absolute atomic E-state index is 15.2. The Labute approximate surface area is 233 Å². The van der Waals surface area contributed by atoms with Crippen LogP contribution in [0.15, 0.2) is 54.9 Å². The van der Waals surface area contributed by atoms with Crippen molar-refractivity contribution < 1.29 is 28.4 Å². The summed E-state index contributed by atoms with van der Waals surface area (Å²) in [6.45, 7) is 3.23. The number of nitrogens with zero attached hydrogens (tertiary/aromatic N) is 3. The number of piperidine rings is 1. The van der Waals surface area contributed by atoms with Gasteiger partial charge < -0.3 is 10.6 Å². The molecule has 0 bridgehead atoms. The minimum absolute atomic E-state index is 0.00147. The van der Waals surface area contributed by atoms with Crippen LogP contribution in [0.4, 0.5) is 14.9 Å². The van der Waals surface area contributed by atoms with Gasteiger partial charge in [0.25, 0.3) is 11.8 Å².